The van der Waals surface area contributed by atoms with E-state index in [4.69, 9.17) is 11.6 Å². The van der Waals surface area contributed by atoms with Crippen LogP contribution in [0.2, 0.25) is 5.02 Å². The minimum Gasteiger partial charge on any atom is -0.340 e. The summed E-state index contributed by atoms with van der Waals surface area (Å²) in [6, 6.07) is 15.3. The normalized spacial score (nSPS) is 11.8. The van der Waals surface area contributed by atoms with Gasteiger partial charge >= 0.3 is 0 Å². The van der Waals surface area contributed by atoms with Crippen LogP contribution in [0.1, 0.15) is 32.4 Å². The van der Waals surface area contributed by atoms with Crippen LogP contribution in [0.5, 0.6) is 0 Å². The van der Waals surface area contributed by atoms with Crippen LogP contribution in [0.15, 0.2) is 60.0 Å². The molecule has 0 aliphatic heterocycles. The smallest absolute Gasteiger partial charge is 0.270 e. The van der Waals surface area contributed by atoms with Crippen molar-refractivity contribution in [3.05, 3.63) is 96.7 Å². The molecule has 2 aromatic carbocycles. The van der Waals surface area contributed by atoms with Gasteiger partial charge in [-0.05, 0) is 30.0 Å². The zero-order valence-corrected chi connectivity index (χ0v) is 15.4. The summed E-state index contributed by atoms with van der Waals surface area (Å²) in [6.07, 6.45) is 0. The SMILES string of the molecule is Cc1ccc([C@H](NC(=O)c2ccc([N+](=O)[O-])cc2Cl)c2cccs2)cc1. The number of thiophene rings is 1. The minimum atomic E-state index is -0.547. The van der Waals surface area contributed by atoms with Crippen molar-refractivity contribution >= 4 is 34.5 Å². The largest absolute Gasteiger partial charge is 0.340 e. The number of hydrogen-bond donors (Lipinski definition) is 1. The van der Waals surface area contributed by atoms with Gasteiger partial charge in [0.1, 0.15) is 0 Å². The van der Waals surface area contributed by atoms with Crippen LogP contribution >= 0.6 is 22.9 Å². The highest BCUT2D eigenvalue weighted by Crippen LogP contribution is 2.28. The van der Waals surface area contributed by atoms with Crippen LogP contribution in [0.3, 0.4) is 0 Å². The van der Waals surface area contributed by atoms with Gasteiger partial charge in [-0.25, -0.2) is 0 Å². The molecule has 5 nitrogen and oxygen atoms in total. The lowest BCUT2D eigenvalue weighted by Crippen LogP contribution is -2.29. The molecule has 0 aliphatic carbocycles. The topological polar surface area (TPSA) is 72.2 Å². The Morgan fingerprint density at radius 3 is 2.50 bits per heavy atom. The summed E-state index contributed by atoms with van der Waals surface area (Å²) >= 11 is 7.62. The number of nitro benzene ring substituents is 1. The predicted molar refractivity (Wildman–Crippen MR) is 103 cm³/mol. The summed E-state index contributed by atoms with van der Waals surface area (Å²) in [5.41, 5.74) is 2.12. The zero-order valence-electron chi connectivity index (χ0n) is 13.8. The number of carbonyl (C=O) groups excluding carboxylic acids is 1. The Morgan fingerprint density at radius 1 is 1.19 bits per heavy atom. The van der Waals surface area contributed by atoms with Gasteiger partial charge in [-0.15, -0.1) is 11.3 Å². The van der Waals surface area contributed by atoms with E-state index in [1.54, 1.807) is 11.3 Å². The number of benzene rings is 2. The van der Waals surface area contributed by atoms with Gasteiger partial charge in [-0.2, -0.15) is 0 Å². The Morgan fingerprint density at radius 2 is 1.92 bits per heavy atom. The van der Waals surface area contributed by atoms with Gasteiger partial charge in [-0.1, -0.05) is 47.5 Å². The van der Waals surface area contributed by atoms with E-state index in [1.807, 2.05) is 48.7 Å². The molecule has 0 spiro atoms. The molecule has 3 aromatic rings. The zero-order chi connectivity index (χ0) is 18.7. The van der Waals surface area contributed by atoms with Gasteiger partial charge in [0.2, 0.25) is 0 Å². The van der Waals surface area contributed by atoms with Gasteiger partial charge in [0.15, 0.2) is 0 Å². The van der Waals surface area contributed by atoms with E-state index in [1.165, 1.54) is 18.2 Å². The summed E-state index contributed by atoms with van der Waals surface area (Å²) < 4.78 is 0. The van der Waals surface area contributed by atoms with E-state index >= 15 is 0 Å². The van der Waals surface area contributed by atoms with E-state index in [0.29, 0.717) is 0 Å². The molecule has 26 heavy (non-hydrogen) atoms. The highest BCUT2D eigenvalue weighted by Gasteiger charge is 2.21. The lowest BCUT2D eigenvalue weighted by molar-refractivity contribution is -0.384. The van der Waals surface area contributed by atoms with Crippen molar-refractivity contribution in [2.24, 2.45) is 0 Å². The predicted octanol–water partition coefficient (Wildman–Crippen LogP) is 5.14. The Kier molecular flexibility index (Phi) is 5.35. The first kappa shape index (κ1) is 18.1. The first-order valence-electron chi connectivity index (χ1n) is 7.80. The van der Waals surface area contributed by atoms with E-state index in [-0.39, 0.29) is 28.2 Å². The molecule has 0 saturated carbocycles. The Hall–Kier alpha value is -2.70. The molecule has 7 heteroatoms. The number of nitro groups is 1. The molecule has 0 saturated heterocycles. The Labute approximate surface area is 159 Å². The molecule has 0 aliphatic rings. The fraction of sp³-hybridized carbons (Fsp3) is 0.105. The van der Waals surface area contributed by atoms with Gasteiger partial charge in [0.05, 0.1) is 21.6 Å². The van der Waals surface area contributed by atoms with Crippen molar-refractivity contribution in [2.45, 2.75) is 13.0 Å². The third-order valence-corrected chi connectivity index (χ3v) is 5.17. The average Bonchev–Trinajstić information content (AvgIpc) is 3.14. The van der Waals surface area contributed by atoms with Crippen LogP contribution in [0.4, 0.5) is 5.69 Å². The lowest BCUT2D eigenvalue weighted by Gasteiger charge is -2.19. The summed E-state index contributed by atoms with van der Waals surface area (Å²) in [4.78, 5) is 24.0. The maximum absolute atomic E-state index is 12.7. The number of halogens is 1. The minimum absolute atomic E-state index is 0.0468. The fourth-order valence-electron chi connectivity index (χ4n) is 2.54. The van der Waals surface area contributed by atoms with Crippen LogP contribution in [-0.2, 0) is 0 Å². The summed E-state index contributed by atoms with van der Waals surface area (Å²) in [6.45, 7) is 2.00. The van der Waals surface area contributed by atoms with Crippen LogP contribution in [0.25, 0.3) is 0 Å². The van der Waals surface area contributed by atoms with Gasteiger partial charge < -0.3 is 5.32 Å². The molecule has 1 N–H and O–H groups in total. The molecule has 0 unspecified atom stereocenters. The molecule has 0 fully saturated rings. The number of nitrogens with zero attached hydrogens (tertiary/aromatic N) is 1. The van der Waals surface area contributed by atoms with Crippen molar-refractivity contribution in [2.75, 3.05) is 0 Å². The molecular formula is C19H15ClN2O3S. The number of rotatable bonds is 5. The van der Waals surface area contributed by atoms with Crippen molar-refractivity contribution in [3.63, 3.8) is 0 Å². The highest BCUT2D eigenvalue weighted by molar-refractivity contribution is 7.10. The van der Waals surface area contributed by atoms with Crippen molar-refractivity contribution in [1.82, 2.24) is 5.32 Å². The van der Waals surface area contributed by atoms with Crippen LogP contribution in [-0.4, -0.2) is 10.8 Å². The summed E-state index contributed by atoms with van der Waals surface area (Å²) in [5, 5.41) is 15.8. The monoisotopic (exact) mass is 386 g/mol. The lowest BCUT2D eigenvalue weighted by atomic mass is 10.0. The molecule has 1 atom stereocenters. The maximum atomic E-state index is 12.7. The molecule has 1 amide bonds. The van der Waals surface area contributed by atoms with Gasteiger partial charge in [0.25, 0.3) is 11.6 Å². The second-order valence-electron chi connectivity index (χ2n) is 5.75. The average molecular weight is 387 g/mol. The van der Waals surface area contributed by atoms with E-state index < -0.39 is 4.92 Å². The third-order valence-electron chi connectivity index (χ3n) is 3.92. The summed E-state index contributed by atoms with van der Waals surface area (Å²) in [7, 11) is 0. The first-order valence-corrected chi connectivity index (χ1v) is 9.06. The Balaban J connectivity index is 1.91. The highest BCUT2D eigenvalue weighted by atomic mass is 35.5. The van der Waals surface area contributed by atoms with Gasteiger partial charge in [-0.3, -0.25) is 14.9 Å². The van der Waals surface area contributed by atoms with Crippen molar-refractivity contribution < 1.29 is 9.72 Å². The van der Waals surface area contributed by atoms with E-state index in [9.17, 15) is 14.9 Å². The third kappa shape index (κ3) is 3.92. The molecule has 1 aromatic heterocycles. The van der Waals surface area contributed by atoms with Gasteiger partial charge in [0, 0.05) is 17.0 Å². The van der Waals surface area contributed by atoms with Crippen LogP contribution < -0.4 is 5.32 Å². The fourth-order valence-corrected chi connectivity index (χ4v) is 3.61. The molecule has 1 heterocycles. The van der Waals surface area contributed by atoms with Crippen LogP contribution in [0, 0.1) is 17.0 Å². The molecule has 3 rings (SSSR count). The summed E-state index contributed by atoms with van der Waals surface area (Å²) in [5.74, 6) is -0.385. The molecule has 132 valence electrons. The van der Waals surface area contributed by atoms with E-state index in [0.717, 1.165) is 16.0 Å². The quantitative estimate of drug-likeness (QED) is 0.487. The molecule has 0 bridgehead atoms. The number of nitrogens with one attached hydrogen (secondary N) is 1. The molecule has 0 radical (unpaired) electrons. The Bertz CT molecular complexity index is 940. The van der Waals surface area contributed by atoms with Crippen molar-refractivity contribution in [1.29, 1.82) is 0 Å². The van der Waals surface area contributed by atoms with E-state index in [2.05, 4.69) is 5.32 Å². The number of aryl methyl sites for hydroxylation is 1. The first-order chi connectivity index (χ1) is 12.5. The number of hydrogen-bond acceptors (Lipinski definition) is 4. The number of non-ortho nitro benzene ring substituents is 1. The van der Waals surface area contributed by atoms with Crippen molar-refractivity contribution in [3.8, 4) is 0 Å². The number of carbonyl (C=O) groups is 1. The number of amides is 1. The second kappa shape index (κ2) is 7.68. The molecular weight excluding hydrogens is 372 g/mol. The second-order valence-corrected chi connectivity index (χ2v) is 7.14. The maximum Gasteiger partial charge on any atom is 0.270 e. The standard InChI is InChI=1S/C19H15ClN2O3S/c1-12-4-6-13(7-5-12)18(17-3-2-10-26-17)21-19(23)15-9-8-14(22(24)25)11-16(15)20/h2-11,18H,1H3,(H,21,23)/t18-/m0/s1.